The van der Waals surface area contributed by atoms with Crippen LogP contribution in [0.5, 0.6) is 0 Å². The van der Waals surface area contributed by atoms with Crippen LogP contribution in [0, 0.1) is 5.92 Å². The first-order valence-corrected chi connectivity index (χ1v) is 6.65. The van der Waals surface area contributed by atoms with E-state index in [9.17, 15) is 0 Å². The molecule has 0 aliphatic carbocycles. The van der Waals surface area contributed by atoms with E-state index in [1.165, 1.54) is 25.9 Å². The first-order chi connectivity index (χ1) is 7.69. The molecule has 96 valence electrons. The van der Waals surface area contributed by atoms with Gasteiger partial charge in [-0.15, -0.1) is 0 Å². The van der Waals surface area contributed by atoms with Gasteiger partial charge < -0.3 is 10.1 Å². The highest BCUT2D eigenvalue weighted by atomic mass is 16.5. The summed E-state index contributed by atoms with van der Waals surface area (Å²) in [6.07, 6.45) is 2.63. The van der Waals surface area contributed by atoms with Crippen LogP contribution in [0.4, 0.5) is 0 Å². The predicted molar refractivity (Wildman–Crippen MR) is 68.8 cm³/mol. The fourth-order valence-electron chi connectivity index (χ4n) is 2.65. The highest BCUT2D eigenvalue weighted by molar-refractivity contribution is 4.83. The number of hydrogen-bond donors (Lipinski definition) is 1. The van der Waals surface area contributed by atoms with Gasteiger partial charge in [-0.3, -0.25) is 4.90 Å². The molecule has 3 nitrogen and oxygen atoms in total. The van der Waals surface area contributed by atoms with Crippen molar-refractivity contribution in [1.29, 1.82) is 0 Å². The topological polar surface area (TPSA) is 24.5 Å². The van der Waals surface area contributed by atoms with Crippen LogP contribution in [0.3, 0.4) is 0 Å². The molecule has 3 heteroatoms. The number of hydrogen-bond acceptors (Lipinski definition) is 3. The molecule has 0 aromatic carbocycles. The Hall–Kier alpha value is -0.120. The van der Waals surface area contributed by atoms with E-state index in [4.69, 9.17) is 4.74 Å². The summed E-state index contributed by atoms with van der Waals surface area (Å²) in [6.45, 7) is 11.1. The Morgan fingerprint density at radius 1 is 1.44 bits per heavy atom. The van der Waals surface area contributed by atoms with Crippen LogP contribution in [0.1, 0.15) is 33.6 Å². The first-order valence-electron chi connectivity index (χ1n) is 6.65. The molecular formula is C13H28N2O. The molecule has 0 bridgehead atoms. The highest BCUT2D eigenvalue weighted by Gasteiger charge is 2.27. The van der Waals surface area contributed by atoms with Crippen molar-refractivity contribution in [2.75, 3.05) is 33.4 Å². The molecule has 1 rings (SSSR count). The first kappa shape index (κ1) is 13.9. The molecule has 0 saturated carbocycles. The fraction of sp³-hybridized carbons (Fsp3) is 1.00. The van der Waals surface area contributed by atoms with E-state index in [0.29, 0.717) is 18.0 Å². The molecule has 0 spiro atoms. The molecule has 2 unspecified atom stereocenters. The molecule has 1 saturated heterocycles. The van der Waals surface area contributed by atoms with Crippen molar-refractivity contribution in [2.24, 2.45) is 5.92 Å². The minimum absolute atomic E-state index is 0.575. The molecule has 1 heterocycles. The Kier molecular flexibility index (Phi) is 6.32. The normalized spacial score (nSPS) is 24.9. The van der Waals surface area contributed by atoms with Crippen molar-refractivity contribution in [3.05, 3.63) is 0 Å². The number of ether oxygens (including phenoxy) is 1. The third-order valence-corrected chi connectivity index (χ3v) is 3.52. The van der Waals surface area contributed by atoms with Gasteiger partial charge in [0.1, 0.15) is 0 Å². The summed E-state index contributed by atoms with van der Waals surface area (Å²) in [6, 6.07) is 1.25. The van der Waals surface area contributed by atoms with E-state index in [2.05, 4.69) is 31.0 Å². The minimum Gasteiger partial charge on any atom is -0.383 e. The summed E-state index contributed by atoms with van der Waals surface area (Å²) in [4.78, 5) is 2.60. The van der Waals surface area contributed by atoms with Gasteiger partial charge in [0.15, 0.2) is 0 Å². The molecule has 0 amide bonds. The Bertz CT molecular complexity index is 183. The van der Waals surface area contributed by atoms with Gasteiger partial charge in [-0.25, -0.2) is 0 Å². The lowest BCUT2D eigenvalue weighted by atomic mass is 9.98. The summed E-state index contributed by atoms with van der Waals surface area (Å²) in [5, 5.41) is 3.57. The smallest absolute Gasteiger partial charge is 0.0620 e. The van der Waals surface area contributed by atoms with Crippen molar-refractivity contribution in [3.63, 3.8) is 0 Å². The molecule has 1 fully saturated rings. The third-order valence-electron chi connectivity index (χ3n) is 3.52. The van der Waals surface area contributed by atoms with Crippen LogP contribution in [0.15, 0.2) is 0 Å². The van der Waals surface area contributed by atoms with Crippen LogP contribution >= 0.6 is 0 Å². The molecule has 0 aromatic rings. The van der Waals surface area contributed by atoms with Crippen LogP contribution in [0.2, 0.25) is 0 Å². The van der Waals surface area contributed by atoms with Gasteiger partial charge in [-0.05, 0) is 31.8 Å². The van der Waals surface area contributed by atoms with Crippen LogP contribution < -0.4 is 5.32 Å². The van der Waals surface area contributed by atoms with Gasteiger partial charge in [0.25, 0.3) is 0 Å². The van der Waals surface area contributed by atoms with Gasteiger partial charge in [0.2, 0.25) is 0 Å². The average Bonchev–Trinajstić information content (AvgIpc) is 2.26. The summed E-state index contributed by atoms with van der Waals surface area (Å²) < 4.78 is 5.35. The van der Waals surface area contributed by atoms with Crippen molar-refractivity contribution < 1.29 is 4.74 Å². The van der Waals surface area contributed by atoms with E-state index >= 15 is 0 Å². The standard InChI is InChI=1S/C13H28N2O/c1-5-14-12-7-6-8-15(9-12)13(10-16-4)11(2)3/h11-14H,5-10H2,1-4H3. The summed E-state index contributed by atoms with van der Waals surface area (Å²) in [5.41, 5.74) is 0. The maximum Gasteiger partial charge on any atom is 0.0620 e. The molecule has 1 aliphatic rings. The minimum atomic E-state index is 0.575. The number of piperidine rings is 1. The monoisotopic (exact) mass is 228 g/mol. The van der Waals surface area contributed by atoms with Crippen LogP contribution in [-0.4, -0.2) is 50.3 Å². The van der Waals surface area contributed by atoms with Crippen molar-refractivity contribution in [3.8, 4) is 0 Å². The van der Waals surface area contributed by atoms with E-state index in [1.54, 1.807) is 7.11 Å². The number of methoxy groups -OCH3 is 1. The Balaban J connectivity index is 2.49. The van der Waals surface area contributed by atoms with Crippen LogP contribution in [0.25, 0.3) is 0 Å². The number of rotatable bonds is 6. The zero-order valence-corrected chi connectivity index (χ0v) is 11.3. The Morgan fingerprint density at radius 3 is 2.75 bits per heavy atom. The van der Waals surface area contributed by atoms with Gasteiger partial charge >= 0.3 is 0 Å². The highest BCUT2D eigenvalue weighted by Crippen LogP contribution is 2.18. The van der Waals surface area contributed by atoms with Crippen molar-refractivity contribution >= 4 is 0 Å². The lowest BCUT2D eigenvalue weighted by molar-refractivity contribution is 0.0435. The molecule has 0 radical (unpaired) electrons. The van der Waals surface area contributed by atoms with Gasteiger partial charge in [-0.2, -0.15) is 0 Å². The van der Waals surface area contributed by atoms with Crippen molar-refractivity contribution in [1.82, 2.24) is 10.2 Å². The second-order valence-corrected chi connectivity index (χ2v) is 5.16. The quantitative estimate of drug-likeness (QED) is 0.749. The largest absolute Gasteiger partial charge is 0.383 e. The molecule has 1 aliphatic heterocycles. The van der Waals surface area contributed by atoms with Gasteiger partial charge in [-0.1, -0.05) is 20.8 Å². The maximum atomic E-state index is 5.35. The zero-order chi connectivity index (χ0) is 12.0. The number of likely N-dealkylation sites (tertiary alicyclic amines) is 1. The second-order valence-electron chi connectivity index (χ2n) is 5.16. The molecular weight excluding hydrogens is 200 g/mol. The average molecular weight is 228 g/mol. The maximum absolute atomic E-state index is 5.35. The van der Waals surface area contributed by atoms with Crippen molar-refractivity contribution in [2.45, 2.75) is 45.7 Å². The molecule has 16 heavy (non-hydrogen) atoms. The third kappa shape index (κ3) is 4.04. The Morgan fingerprint density at radius 2 is 2.19 bits per heavy atom. The number of nitrogens with zero attached hydrogens (tertiary/aromatic N) is 1. The fourth-order valence-corrected chi connectivity index (χ4v) is 2.65. The van der Waals surface area contributed by atoms with Gasteiger partial charge in [0.05, 0.1) is 6.61 Å². The molecule has 0 aromatic heterocycles. The number of likely N-dealkylation sites (N-methyl/N-ethyl adjacent to an activating group) is 1. The second kappa shape index (κ2) is 7.25. The summed E-state index contributed by atoms with van der Waals surface area (Å²) in [7, 11) is 1.81. The van der Waals surface area contributed by atoms with Crippen LogP contribution in [-0.2, 0) is 4.74 Å². The zero-order valence-electron chi connectivity index (χ0n) is 11.3. The lowest BCUT2D eigenvalue weighted by Gasteiger charge is -2.40. The predicted octanol–water partition coefficient (Wildman–Crippen LogP) is 1.73. The SMILES string of the molecule is CCNC1CCCN(C(COC)C(C)C)C1. The van der Waals surface area contributed by atoms with E-state index in [1.807, 2.05) is 0 Å². The number of nitrogens with one attached hydrogen (secondary N) is 1. The van der Waals surface area contributed by atoms with E-state index < -0.39 is 0 Å². The Labute approximate surface area is 101 Å². The summed E-state index contributed by atoms with van der Waals surface area (Å²) in [5.74, 6) is 0.667. The van der Waals surface area contributed by atoms with E-state index in [-0.39, 0.29) is 0 Å². The lowest BCUT2D eigenvalue weighted by Crippen LogP contribution is -2.52. The summed E-state index contributed by atoms with van der Waals surface area (Å²) >= 11 is 0. The van der Waals surface area contributed by atoms with E-state index in [0.717, 1.165) is 13.2 Å². The molecule has 2 atom stereocenters. The van der Waals surface area contributed by atoms with Gasteiger partial charge in [0, 0.05) is 25.7 Å². The molecule has 1 N–H and O–H groups in total.